The lowest BCUT2D eigenvalue weighted by Gasteiger charge is -2.21. The van der Waals surface area contributed by atoms with Crippen molar-refractivity contribution in [3.63, 3.8) is 0 Å². The largest absolute Gasteiger partial charge is 0.472 e. The molecule has 1 atom stereocenters. The fourth-order valence-corrected chi connectivity index (χ4v) is 2.58. The van der Waals surface area contributed by atoms with E-state index in [4.69, 9.17) is 9.15 Å². The van der Waals surface area contributed by atoms with E-state index in [-0.39, 0.29) is 6.10 Å². The Bertz CT molecular complexity index is 446. The third-order valence-corrected chi connectivity index (χ3v) is 3.48. The molecule has 0 radical (unpaired) electrons. The number of furan rings is 1. The quantitative estimate of drug-likeness (QED) is 0.867. The predicted molar refractivity (Wildman–Crippen MR) is 61.4 cm³/mol. The highest BCUT2D eigenvalue weighted by Gasteiger charge is 2.19. The van der Waals surface area contributed by atoms with Gasteiger partial charge in [-0.3, -0.25) is 0 Å². The standard InChI is InChI=1S/C11H12N2O2S/c1-3-14-6-8(1)9-7-16-11(13-9)10-5-12-2-4-15-10/h1,3,6-7,10,12H,2,4-5H2. The molecule has 0 amide bonds. The van der Waals surface area contributed by atoms with E-state index in [1.165, 1.54) is 0 Å². The Labute approximate surface area is 97.3 Å². The topological polar surface area (TPSA) is 47.3 Å². The Kier molecular flexibility index (Phi) is 2.73. The Morgan fingerprint density at radius 3 is 3.25 bits per heavy atom. The number of morpholine rings is 1. The highest BCUT2D eigenvalue weighted by atomic mass is 32.1. The first-order valence-corrected chi connectivity index (χ1v) is 6.12. The van der Waals surface area contributed by atoms with Crippen molar-refractivity contribution in [3.8, 4) is 11.3 Å². The van der Waals surface area contributed by atoms with Crippen LogP contribution in [-0.2, 0) is 4.74 Å². The summed E-state index contributed by atoms with van der Waals surface area (Å²) in [5.74, 6) is 0. The Morgan fingerprint density at radius 2 is 2.50 bits per heavy atom. The number of hydrogen-bond acceptors (Lipinski definition) is 5. The normalized spacial score (nSPS) is 21.1. The summed E-state index contributed by atoms with van der Waals surface area (Å²) < 4.78 is 10.7. The van der Waals surface area contributed by atoms with E-state index in [1.807, 2.05) is 11.4 Å². The second-order valence-electron chi connectivity index (χ2n) is 3.65. The number of ether oxygens (including phenoxy) is 1. The molecule has 5 heteroatoms. The molecule has 1 N–H and O–H groups in total. The van der Waals surface area contributed by atoms with Gasteiger partial charge in [-0.2, -0.15) is 0 Å². The third-order valence-electron chi connectivity index (χ3n) is 2.54. The average molecular weight is 236 g/mol. The van der Waals surface area contributed by atoms with Gasteiger partial charge < -0.3 is 14.5 Å². The summed E-state index contributed by atoms with van der Waals surface area (Å²) in [5.41, 5.74) is 1.98. The molecular formula is C11H12N2O2S. The van der Waals surface area contributed by atoms with Gasteiger partial charge in [-0.15, -0.1) is 11.3 Å². The molecule has 0 aliphatic carbocycles. The zero-order valence-electron chi connectivity index (χ0n) is 8.68. The van der Waals surface area contributed by atoms with Crippen LogP contribution in [0.2, 0.25) is 0 Å². The maximum Gasteiger partial charge on any atom is 0.124 e. The summed E-state index contributed by atoms with van der Waals surface area (Å²) in [6.07, 6.45) is 3.46. The minimum atomic E-state index is 0.0967. The fourth-order valence-electron chi connectivity index (χ4n) is 1.70. The second-order valence-corrected chi connectivity index (χ2v) is 4.54. The number of hydrogen-bond donors (Lipinski definition) is 1. The maximum atomic E-state index is 5.66. The van der Waals surface area contributed by atoms with Gasteiger partial charge in [0.05, 0.1) is 24.8 Å². The molecule has 0 bridgehead atoms. The zero-order valence-corrected chi connectivity index (χ0v) is 9.50. The lowest BCUT2D eigenvalue weighted by molar-refractivity contribution is 0.0276. The number of nitrogens with one attached hydrogen (secondary N) is 1. The molecule has 0 spiro atoms. The van der Waals surface area contributed by atoms with Crippen LogP contribution in [-0.4, -0.2) is 24.7 Å². The van der Waals surface area contributed by atoms with Gasteiger partial charge in [0, 0.05) is 24.0 Å². The first-order chi connectivity index (χ1) is 7.93. The van der Waals surface area contributed by atoms with Crippen molar-refractivity contribution in [1.82, 2.24) is 10.3 Å². The van der Waals surface area contributed by atoms with E-state index < -0.39 is 0 Å². The van der Waals surface area contributed by atoms with E-state index in [9.17, 15) is 0 Å². The first-order valence-electron chi connectivity index (χ1n) is 5.24. The highest BCUT2D eigenvalue weighted by Crippen LogP contribution is 2.27. The summed E-state index contributed by atoms with van der Waals surface area (Å²) in [7, 11) is 0. The zero-order chi connectivity index (χ0) is 10.8. The summed E-state index contributed by atoms with van der Waals surface area (Å²) in [5, 5.41) is 6.37. The molecule has 2 aromatic rings. The Balaban J connectivity index is 1.82. The lowest BCUT2D eigenvalue weighted by atomic mass is 10.2. The fraction of sp³-hybridized carbons (Fsp3) is 0.364. The van der Waals surface area contributed by atoms with Crippen molar-refractivity contribution < 1.29 is 9.15 Å². The van der Waals surface area contributed by atoms with Gasteiger partial charge in [-0.05, 0) is 6.07 Å². The third kappa shape index (κ3) is 1.89. The lowest BCUT2D eigenvalue weighted by Crippen LogP contribution is -2.33. The Morgan fingerprint density at radius 1 is 1.50 bits per heavy atom. The van der Waals surface area contributed by atoms with Gasteiger partial charge >= 0.3 is 0 Å². The summed E-state index contributed by atoms with van der Waals surface area (Å²) in [6.45, 7) is 2.53. The van der Waals surface area contributed by atoms with Crippen LogP contribution in [0.15, 0.2) is 28.4 Å². The van der Waals surface area contributed by atoms with Crippen LogP contribution in [0.3, 0.4) is 0 Å². The molecule has 3 heterocycles. The predicted octanol–water partition coefficient (Wildman–Crippen LogP) is 2.06. The van der Waals surface area contributed by atoms with Crippen LogP contribution in [0.5, 0.6) is 0 Å². The van der Waals surface area contributed by atoms with Gasteiger partial charge in [0.1, 0.15) is 11.1 Å². The summed E-state index contributed by atoms with van der Waals surface area (Å²) in [4.78, 5) is 4.57. The van der Waals surface area contributed by atoms with Gasteiger partial charge in [0.15, 0.2) is 0 Å². The van der Waals surface area contributed by atoms with E-state index in [0.29, 0.717) is 0 Å². The van der Waals surface area contributed by atoms with E-state index in [1.54, 1.807) is 23.9 Å². The minimum Gasteiger partial charge on any atom is -0.472 e. The average Bonchev–Trinajstić information content (AvgIpc) is 3.01. The molecule has 16 heavy (non-hydrogen) atoms. The van der Waals surface area contributed by atoms with Crippen LogP contribution in [0.1, 0.15) is 11.1 Å². The SMILES string of the molecule is c1cc(-c2csc(C3CNCCO3)n2)co1. The molecule has 0 saturated carbocycles. The van der Waals surface area contributed by atoms with Crippen molar-refractivity contribution in [2.24, 2.45) is 0 Å². The molecule has 2 aromatic heterocycles. The number of thiazole rings is 1. The van der Waals surface area contributed by atoms with Crippen molar-refractivity contribution >= 4 is 11.3 Å². The number of aromatic nitrogens is 1. The first kappa shape index (κ1) is 10.0. The van der Waals surface area contributed by atoms with Crippen LogP contribution in [0.4, 0.5) is 0 Å². The van der Waals surface area contributed by atoms with Gasteiger partial charge in [0.2, 0.25) is 0 Å². The molecule has 3 rings (SSSR count). The van der Waals surface area contributed by atoms with Crippen molar-refractivity contribution in [1.29, 1.82) is 0 Å². The van der Waals surface area contributed by atoms with Crippen LogP contribution in [0, 0.1) is 0 Å². The summed E-state index contributed by atoms with van der Waals surface area (Å²) in [6, 6.07) is 1.92. The molecule has 1 aliphatic rings. The van der Waals surface area contributed by atoms with Crippen molar-refractivity contribution in [2.45, 2.75) is 6.10 Å². The van der Waals surface area contributed by atoms with Crippen LogP contribution < -0.4 is 5.32 Å². The molecular weight excluding hydrogens is 224 g/mol. The van der Waals surface area contributed by atoms with Crippen LogP contribution in [0.25, 0.3) is 11.3 Å². The molecule has 0 aromatic carbocycles. The minimum absolute atomic E-state index is 0.0967. The van der Waals surface area contributed by atoms with Crippen molar-refractivity contribution in [2.75, 3.05) is 19.7 Å². The van der Waals surface area contributed by atoms with Crippen LogP contribution >= 0.6 is 11.3 Å². The molecule has 1 fully saturated rings. The van der Waals surface area contributed by atoms with Gasteiger partial charge in [-0.1, -0.05) is 0 Å². The van der Waals surface area contributed by atoms with E-state index in [0.717, 1.165) is 36.0 Å². The second kappa shape index (κ2) is 4.37. The van der Waals surface area contributed by atoms with Gasteiger partial charge in [0.25, 0.3) is 0 Å². The monoisotopic (exact) mass is 236 g/mol. The number of rotatable bonds is 2. The molecule has 84 valence electrons. The maximum absolute atomic E-state index is 5.66. The summed E-state index contributed by atoms with van der Waals surface area (Å²) >= 11 is 1.64. The molecule has 4 nitrogen and oxygen atoms in total. The van der Waals surface area contributed by atoms with E-state index >= 15 is 0 Å². The molecule has 1 unspecified atom stereocenters. The Hall–Kier alpha value is -1.17. The van der Waals surface area contributed by atoms with E-state index in [2.05, 4.69) is 10.3 Å². The van der Waals surface area contributed by atoms with Gasteiger partial charge in [-0.25, -0.2) is 4.98 Å². The smallest absolute Gasteiger partial charge is 0.124 e. The number of nitrogens with zero attached hydrogens (tertiary/aromatic N) is 1. The molecule has 1 saturated heterocycles. The molecule has 1 aliphatic heterocycles. The highest BCUT2D eigenvalue weighted by molar-refractivity contribution is 7.10. The van der Waals surface area contributed by atoms with Crippen molar-refractivity contribution in [3.05, 3.63) is 29.0 Å².